The van der Waals surface area contributed by atoms with Gasteiger partial charge in [0.05, 0.1) is 6.04 Å². The molecule has 30 heavy (non-hydrogen) atoms. The first kappa shape index (κ1) is 19.0. The zero-order chi connectivity index (χ0) is 20.8. The molecule has 0 unspecified atom stereocenters. The summed E-state index contributed by atoms with van der Waals surface area (Å²) in [5, 5.41) is 0. The average Bonchev–Trinajstić information content (AvgIpc) is 3.18. The number of rotatable bonds is 2. The highest BCUT2D eigenvalue weighted by atomic mass is 19.1. The van der Waals surface area contributed by atoms with Gasteiger partial charge >= 0.3 is 0 Å². The van der Waals surface area contributed by atoms with Crippen LogP contribution in [0.15, 0.2) is 48.7 Å². The van der Waals surface area contributed by atoms with Crippen LogP contribution in [0.5, 0.6) is 0 Å². The summed E-state index contributed by atoms with van der Waals surface area (Å²) in [6.07, 6.45) is 3.64. The van der Waals surface area contributed by atoms with Crippen LogP contribution in [0.1, 0.15) is 36.2 Å². The topological polar surface area (TPSA) is 38.1 Å². The second-order valence-corrected chi connectivity index (χ2v) is 8.19. The molecule has 0 saturated heterocycles. The van der Waals surface area contributed by atoms with Crippen molar-refractivity contribution in [2.24, 2.45) is 5.92 Å². The van der Waals surface area contributed by atoms with Gasteiger partial charge in [0.15, 0.2) is 0 Å². The molecule has 0 radical (unpaired) electrons. The van der Waals surface area contributed by atoms with Crippen molar-refractivity contribution in [3.8, 4) is 11.4 Å². The lowest BCUT2D eigenvalue weighted by Crippen LogP contribution is -2.44. The van der Waals surface area contributed by atoms with Crippen LogP contribution in [0.25, 0.3) is 11.4 Å². The molecule has 3 heterocycles. The minimum Gasteiger partial charge on any atom is -0.335 e. The van der Waals surface area contributed by atoms with Crippen LogP contribution < -0.4 is 0 Å². The molecular formula is C24H23F2N3O. The van der Waals surface area contributed by atoms with Crippen LogP contribution >= 0.6 is 0 Å². The molecule has 2 atom stereocenters. The maximum atomic E-state index is 14.1. The first-order valence-electron chi connectivity index (χ1n) is 10.4. The lowest BCUT2D eigenvalue weighted by molar-refractivity contribution is -0.138. The van der Waals surface area contributed by atoms with E-state index in [9.17, 15) is 13.6 Å². The predicted molar refractivity (Wildman–Crippen MR) is 110 cm³/mol. The fourth-order valence-corrected chi connectivity index (χ4v) is 4.88. The van der Waals surface area contributed by atoms with Crippen molar-refractivity contribution < 1.29 is 13.6 Å². The van der Waals surface area contributed by atoms with Gasteiger partial charge in [-0.15, -0.1) is 0 Å². The largest absolute Gasteiger partial charge is 0.335 e. The van der Waals surface area contributed by atoms with Crippen molar-refractivity contribution in [2.75, 3.05) is 6.54 Å². The van der Waals surface area contributed by atoms with Crippen LogP contribution in [0.2, 0.25) is 0 Å². The third kappa shape index (κ3) is 3.11. The smallest absolute Gasteiger partial charge is 0.226 e. The molecule has 5 rings (SSSR count). The molecule has 0 aliphatic carbocycles. The van der Waals surface area contributed by atoms with E-state index in [0.29, 0.717) is 30.5 Å². The summed E-state index contributed by atoms with van der Waals surface area (Å²) < 4.78 is 30.1. The van der Waals surface area contributed by atoms with E-state index < -0.39 is 11.6 Å². The standard InChI is InChI=1S/C24H23F2N3O/c1-15-21-12-18(25)13-22(26)20(21)8-10-28(15)24(30)17-7-9-29-19(11-17)14-27-23(29)16-5-3-2-4-6-16/h2-6,12-15,17H,7-11H2,1H3/t15-,17-/m0/s1. The van der Waals surface area contributed by atoms with Gasteiger partial charge in [0, 0.05) is 48.9 Å². The Morgan fingerprint density at radius 2 is 1.93 bits per heavy atom. The van der Waals surface area contributed by atoms with E-state index in [4.69, 9.17) is 0 Å². The molecule has 2 aliphatic heterocycles. The Morgan fingerprint density at radius 3 is 2.73 bits per heavy atom. The minimum atomic E-state index is -0.595. The molecule has 4 nitrogen and oxygen atoms in total. The van der Waals surface area contributed by atoms with Crippen molar-refractivity contribution in [3.63, 3.8) is 0 Å². The monoisotopic (exact) mass is 407 g/mol. The van der Waals surface area contributed by atoms with E-state index in [1.807, 2.05) is 43.5 Å². The fourth-order valence-electron chi connectivity index (χ4n) is 4.88. The maximum Gasteiger partial charge on any atom is 0.226 e. The van der Waals surface area contributed by atoms with E-state index in [2.05, 4.69) is 9.55 Å². The molecule has 1 amide bonds. The molecule has 3 aromatic rings. The second-order valence-electron chi connectivity index (χ2n) is 8.19. The summed E-state index contributed by atoms with van der Waals surface area (Å²) in [6, 6.07) is 12.0. The molecule has 0 N–H and O–H groups in total. The number of aromatic nitrogens is 2. The third-order valence-electron chi connectivity index (χ3n) is 6.47. The lowest BCUT2D eigenvalue weighted by Gasteiger charge is -2.38. The predicted octanol–water partition coefficient (Wildman–Crippen LogP) is 4.54. The number of carbonyl (C=O) groups excluding carboxylic acids is 1. The van der Waals surface area contributed by atoms with Crippen molar-refractivity contribution in [3.05, 3.63) is 77.1 Å². The van der Waals surface area contributed by atoms with E-state index in [0.717, 1.165) is 36.1 Å². The van der Waals surface area contributed by atoms with Gasteiger partial charge in [-0.05, 0) is 37.0 Å². The van der Waals surface area contributed by atoms with Gasteiger partial charge in [0.1, 0.15) is 17.5 Å². The normalized spacial score (nSPS) is 20.6. The van der Waals surface area contributed by atoms with Crippen LogP contribution in [-0.4, -0.2) is 26.9 Å². The summed E-state index contributed by atoms with van der Waals surface area (Å²) in [6.45, 7) is 3.05. The highest BCUT2D eigenvalue weighted by Gasteiger charge is 2.35. The van der Waals surface area contributed by atoms with Gasteiger partial charge in [-0.25, -0.2) is 13.8 Å². The summed E-state index contributed by atoms with van der Waals surface area (Å²) in [4.78, 5) is 19.7. The maximum absolute atomic E-state index is 14.1. The Balaban J connectivity index is 1.37. The fraction of sp³-hybridized carbons (Fsp3) is 0.333. The number of fused-ring (bicyclic) bond motifs is 2. The molecule has 0 spiro atoms. The van der Waals surface area contributed by atoms with Gasteiger partial charge < -0.3 is 9.47 Å². The Morgan fingerprint density at radius 1 is 1.13 bits per heavy atom. The Hall–Kier alpha value is -3.02. The third-order valence-corrected chi connectivity index (χ3v) is 6.47. The van der Waals surface area contributed by atoms with E-state index in [-0.39, 0.29) is 17.9 Å². The molecule has 0 bridgehead atoms. The molecule has 2 aromatic carbocycles. The Labute approximate surface area is 174 Å². The SMILES string of the molecule is C[C@H]1c2cc(F)cc(F)c2CCN1C(=O)[C@H]1CCn2c(cnc2-c2ccccc2)C1. The molecule has 2 aliphatic rings. The first-order chi connectivity index (χ1) is 14.5. The number of amides is 1. The van der Waals surface area contributed by atoms with Crippen LogP contribution in [-0.2, 0) is 24.2 Å². The Kier molecular flexibility index (Phi) is 4.65. The average molecular weight is 407 g/mol. The number of carbonyl (C=O) groups is 1. The summed E-state index contributed by atoms with van der Waals surface area (Å²) in [7, 11) is 0. The van der Waals surface area contributed by atoms with Gasteiger partial charge in [-0.1, -0.05) is 30.3 Å². The molecule has 154 valence electrons. The summed E-state index contributed by atoms with van der Waals surface area (Å²) in [5.74, 6) is -0.254. The number of halogens is 2. The molecular weight excluding hydrogens is 384 g/mol. The van der Waals surface area contributed by atoms with Crippen LogP contribution in [0, 0.1) is 17.6 Å². The summed E-state index contributed by atoms with van der Waals surface area (Å²) >= 11 is 0. The van der Waals surface area contributed by atoms with Gasteiger partial charge in [0.25, 0.3) is 0 Å². The number of hydrogen-bond donors (Lipinski definition) is 0. The molecule has 0 saturated carbocycles. The number of hydrogen-bond acceptors (Lipinski definition) is 2. The molecule has 0 fully saturated rings. The van der Waals surface area contributed by atoms with Gasteiger partial charge in [0.2, 0.25) is 5.91 Å². The molecule has 1 aromatic heterocycles. The van der Waals surface area contributed by atoms with Crippen LogP contribution in [0.3, 0.4) is 0 Å². The highest BCUT2D eigenvalue weighted by Crippen LogP contribution is 2.35. The highest BCUT2D eigenvalue weighted by molar-refractivity contribution is 5.80. The number of imidazole rings is 1. The zero-order valence-corrected chi connectivity index (χ0v) is 16.8. The van der Waals surface area contributed by atoms with E-state index in [1.54, 1.807) is 4.90 Å². The Bertz CT molecular complexity index is 1110. The van der Waals surface area contributed by atoms with Gasteiger partial charge in [-0.2, -0.15) is 0 Å². The second kappa shape index (κ2) is 7.35. The minimum absolute atomic E-state index is 0.0616. The van der Waals surface area contributed by atoms with Gasteiger partial charge in [-0.3, -0.25) is 4.79 Å². The van der Waals surface area contributed by atoms with E-state index in [1.165, 1.54) is 6.07 Å². The number of benzene rings is 2. The van der Waals surface area contributed by atoms with Crippen LogP contribution in [0.4, 0.5) is 8.78 Å². The van der Waals surface area contributed by atoms with Crippen molar-refractivity contribution in [1.82, 2.24) is 14.5 Å². The van der Waals surface area contributed by atoms with Crippen molar-refractivity contribution in [1.29, 1.82) is 0 Å². The van der Waals surface area contributed by atoms with Crippen molar-refractivity contribution in [2.45, 2.75) is 38.8 Å². The van der Waals surface area contributed by atoms with Crippen molar-refractivity contribution >= 4 is 5.91 Å². The lowest BCUT2D eigenvalue weighted by atomic mass is 9.89. The number of nitrogens with zero attached hydrogens (tertiary/aromatic N) is 3. The quantitative estimate of drug-likeness (QED) is 0.626. The first-order valence-corrected chi connectivity index (χ1v) is 10.4. The zero-order valence-electron chi connectivity index (χ0n) is 16.8. The molecule has 6 heteroatoms. The summed E-state index contributed by atoms with van der Waals surface area (Å²) in [5.41, 5.74) is 3.24. The van der Waals surface area contributed by atoms with E-state index >= 15 is 0 Å².